The molecule has 0 atom stereocenters. The number of hydrogen-bond donors (Lipinski definition) is 2. The highest BCUT2D eigenvalue weighted by molar-refractivity contribution is 9.10. The van der Waals surface area contributed by atoms with Gasteiger partial charge in [0.05, 0.1) is 10.6 Å². The van der Waals surface area contributed by atoms with Crippen LogP contribution < -0.4 is 10.0 Å². The highest BCUT2D eigenvalue weighted by Crippen LogP contribution is 2.15. The molecule has 2 aromatic carbocycles. The highest BCUT2D eigenvalue weighted by atomic mass is 79.9. The summed E-state index contributed by atoms with van der Waals surface area (Å²) >= 11 is 3.25. The number of aromatic nitrogens is 2. The van der Waals surface area contributed by atoms with Crippen molar-refractivity contribution < 1.29 is 13.2 Å². The predicted octanol–water partition coefficient (Wildman–Crippen LogP) is 2.66. The number of rotatable bonds is 9. The lowest BCUT2D eigenvalue weighted by atomic mass is 10.1. The Bertz CT molecular complexity index is 1050. The van der Waals surface area contributed by atoms with Crippen LogP contribution in [0.1, 0.15) is 12.0 Å². The zero-order valence-corrected chi connectivity index (χ0v) is 18.0. The molecule has 1 heterocycles. The number of halogens is 1. The molecule has 0 saturated heterocycles. The maximum absolute atomic E-state index is 12.2. The molecule has 29 heavy (non-hydrogen) atoms. The molecule has 9 heteroatoms. The SMILES string of the molecule is O=C(CCNS(=O)(=O)c1cccc(Br)c1)NCCc1ccc(-n2cccn2)cc1. The van der Waals surface area contributed by atoms with Gasteiger partial charge in [0, 0.05) is 36.4 Å². The van der Waals surface area contributed by atoms with Gasteiger partial charge in [0.2, 0.25) is 15.9 Å². The van der Waals surface area contributed by atoms with Crippen molar-refractivity contribution in [3.8, 4) is 5.69 Å². The number of amides is 1. The van der Waals surface area contributed by atoms with E-state index in [0.29, 0.717) is 17.4 Å². The number of hydrogen-bond acceptors (Lipinski definition) is 4. The van der Waals surface area contributed by atoms with E-state index in [-0.39, 0.29) is 23.8 Å². The summed E-state index contributed by atoms with van der Waals surface area (Å²) in [7, 11) is -3.63. The average Bonchev–Trinajstić information content (AvgIpc) is 3.23. The van der Waals surface area contributed by atoms with Crippen molar-refractivity contribution >= 4 is 31.9 Å². The zero-order valence-electron chi connectivity index (χ0n) is 15.6. The minimum absolute atomic E-state index is 0.0409. The van der Waals surface area contributed by atoms with Crippen molar-refractivity contribution in [1.29, 1.82) is 0 Å². The summed E-state index contributed by atoms with van der Waals surface area (Å²) in [5.74, 6) is -0.199. The smallest absolute Gasteiger partial charge is 0.240 e. The fourth-order valence-electron chi connectivity index (χ4n) is 2.69. The molecule has 0 aliphatic carbocycles. The molecule has 3 rings (SSSR count). The fraction of sp³-hybridized carbons (Fsp3) is 0.200. The van der Waals surface area contributed by atoms with Crippen molar-refractivity contribution in [1.82, 2.24) is 19.8 Å². The maximum Gasteiger partial charge on any atom is 0.240 e. The number of sulfonamides is 1. The van der Waals surface area contributed by atoms with Crippen LogP contribution in [0.25, 0.3) is 5.69 Å². The van der Waals surface area contributed by atoms with Crippen LogP contribution in [0.5, 0.6) is 0 Å². The fourth-order valence-corrected chi connectivity index (χ4v) is 4.32. The second-order valence-corrected chi connectivity index (χ2v) is 9.00. The van der Waals surface area contributed by atoms with E-state index < -0.39 is 10.0 Å². The van der Waals surface area contributed by atoms with E-state index in [1.165, 1.54) is 12.1 Å². The third-order valence-electron chi connectivity index (χ3n) is 4.19. The van der Waals surface area contributed by atoms with Gasteiger partial charge in [0.1, 0.15) is 0 Å². The van der Waals surface area contributed by atoms with Crippen LogP contribution in [0.3, 0.4) is 0 Å². The summed E-state index contributed by atoms with van der Waals surface area (Å²) in [6.45, 7) is 0.525. The zero-order chi connectivity index (χ0) is 20.7. The van der Waals surface area contributed by atoms with E-state index in [9.17, 15) is 13.2 Å². The lowest BCUT2D eigenvalue weighted by Gasteiger charge is -2.08. The molecule has 7 nitrogen and oxygen atoms in total. The first-order valence-corrected chi connectivity index (χ1v) is 11.3. The van der Waals surface area contributed by atoms with Gasteiger partial charge in [-0.2, -0.15) is 5.10 Å². The van der Waals surface area contributed by atoms with Crippen LogP contribution in [-0.4, -0.2) is 37.2 Å². The number of carbonyl (C=O) groups excluding carboxylic acids is 1. The molecule has 0 saturated carbocycles. The van der Waals surface area contributed by atoms with Crippen LogP contribution in [-0.2, 0) is 21.2 Å². The Kier molecular flexibility index (Phi) is 7.18. The molecule has 0 unspecified atom stereocenters. The molecular weight excluding hydrogens is 456 g/mol. The molecule has 1 aromatic heterocycles. The van der Waals surface area contributed by atoms with Crippen molar-refractivity contribution in [2.45, 2.75) is 17.7 Å². The van der Waals surface area contributed by atoms with Crippen LogP contribution >= 0.6 is 15.9 Å². The molecule has 0 aliphatic rings. The summed E-state index contributed by atoms with van der Waals surface area (Å²) in [5.41, 5.74) is 2.07. The molecule has 0 fully saturated rings. The van der Waals surface area contributed by atoms with Gasteiger partial charge in [-0.05, 0) is 48.4 Å². The van der Waals surface area contributed by atoms with E-state index in [4.69, 9.17) is 0 Å². The maximum atomic E-state index is 12.2. The van der Waals surface area contributed by atoms with E-state index in [1.807, 2.05) is 36.5 Å². The van der Waals surface area contributed by atoms with E-state index >= 15 is 0 Å². The topological polar surface area (TPSA) is 93.1 Å². The number of benzene rings is 2. The van der Waals surface area contributed by atoms with Crippen molar-refractivity contribution in [2.75, 3.05) is 13.1 Å². The Hall–Kier alpha value is -2.49. The largest absolute Gasteiger partial charge is 0.356 e. The molecule has 0 aliphatic heterocycles. The first kappa shape index (κ1) is 21.2. The molecule has 0 radical (unpaired) electrons. The van der Waals surface area contributed by atoms with Gasteiger partial charge >= 0.3 is 0 Å². The second kappa shape index (κ2) is 9.82. The van der Waals surface area contributed by atoms with Crippen LogP contribution in [0.15, 0.2) is 76.4 Å². The van der Waals surface area contributed by atoms with Crippen LogP contribution in [0, 0.1) is 0 Å². The monoisotopic (exact) mass is 476 g/mol. The van der Waals surface area contributed by atoms with Gasteiger partial charge < -0.3 is 5.32 Å². The molecule has 3 aromatic rings. The molecule has 1 amide bonds. The third kappa shape index (κ3) is 6.25. The first-order valence-electron chi connectivity index (χ1n) is 9.05. The second-order valence-electron chi connectivity index (χ2n) is 6.32. The molecule has 0 bridgehead atoms. The number of nitrogens with zero attached hydrogens (tertiary/aromatic N) is 2. The van der Waals surface area contributed by atoms with Gasteiger partial charge in [-0.15, -0.1) is 0 Å². The van der Waals surface area contributed by atoms with E-state index in [1.54, 1.807) is 23.0 Å². The highest BCUT2D eigenvalue weighted by Gasteiger charge is 2.14. The predicted molar refractivity (Wildman–Crippen MR) is 114 cm³/mol. The normalized spacial score (nSPS) is 11.3. The Morgan fingerprint density at radius 1 is 1.07 bits per heavy atom. The summed E-state index contributed by atoms with van der Waals surface area (Å²) in [5, 5.41) is 6.99. The average molecular weight is 477 g/mol. The van der Waals surface area contributed by atoms with E-state index in [0.717, 1.165) is 11.3 Å². The summed E-state index contributed by atoms with van der Waals surface area (Å²) in [6.07, 6.45) is 4.36. The van der Waals surface area contributed by atoms with Crippen LogP contribution in [0.4, 0.5) is 0 Å². The van der Waals surface area contributed by atoms with Gasteiger partial charge in [0.25, 0.3) is 0 Å². The van der Waals surface area contributed by atoms with Crippen molar-refractivity contribution in [3.63, 3.8) is 0 Å². The summed E-state index contributed by atoms with van der Waals surface area (Å²) < 4.78 is 29.3. The Balaban J connectivity index is 1.39. The Morgan fingerprint density at radius 2 is 1.86 bits per heavy atom. The minimum atomic E-state index is -3.63. The van der Waals surface area contributed by atoms with Gasteiger partial charge in [-0.25, -0.2) is 17.8 Å². The molecule has 2 N–H and O–H groups in total. The van der Waals surface area contributed by atoms with E-state index in [2.05, 4.69) is 31.1 Å². The molecule has 0 spiro atoms. The van der Waals surface area contributed by atoms with Crippen molar-refractivity contribution in [3.05, 3.63) is 77.0 Å². The lowest BCUT2D eigenvalue weighted by Crippen LogP contribution is -2.31. The Labute approximate surface area is 178 Å². The summed E-state index contributed by atoms with van der Waals surface area (Å²) in [6, 6.07) is 16.2. The van der Waals surface area contributed by atoms with Crippen molar-refractivity contribution in [2.24, 2.45) is 0 Å². The first-order chi connectivity index (χ1) is 13.9. The van der Waals surface area contributed by atoms with Gasteiger partial charge in [-0.3, -0.25) is 4.79 Å². The molecule has 152 valence electrons. The van der Waals surface area contributed by atoms with Gasteiger partial charge in [0.15, 0.2) is 0 Å². The van der Waals surface area contributed by atoms with Gasteiger partial charge in [-0.1, -0.05) is 34.1 Å². The summed E-state index contributed by atoms with van der Waals surface area (Å²) in [4.78, 5) is 12.1. The van der Waals surface area contributed by atoms with Crippen LogP contribution in [0.2, 0.25) is 0 Å². The number of carbonyl (C=O) groups is 1. The lowest BCUT2D eigenvalue weighted by molar-refractivity contribution is -0.120. The minimum Gasteiger partial charge on any atom is -0.356 e. The standard InChI is InChI=1S/C20H21BrN4O3S/c21-17-3-1-4-19(15-17)29(27,28)24-13-10-20(26)22-12-9-16-5-7-18(8-6-16)25-14-2-11-23-25/h1-8,11,14-15,24H,9-10,12-13H2,(H,22,26). The quantitative estimate of drug-likeness (QED) is 0.496. The molecular formula is C20H21BrN4O3S. The Morgan fingerprint density at radius 3 is 2.55 bits per heavy atom. The third-order valence-corrected chi connectivity index (χ3v) is 6.14. The number of nitrogens with one attached hydrogen (secondary N) is 2.